The summed E-state index contributed by atoms with van der Waals surface area (Å²) in [6, 6.07) is 15.0. The number of hydrogen-bond acceptors (Lipinski definition) is 6. The van der Waals surface area contributed by atoms with Crippen LogP contribution in [0.5, 0.6) is 0 Å². The Balaban J connectivity index is 1.71. The molecule has 3 heterocycles. The third kappa shape index (κ3) is 3.80. The minimum Gasteiger partial charge on any atom is -0.383 e. The van der Waals surface area contributed by atoms with Crippen LogP contribution in [0, 0.1) is 0 Å². The number of nitrogen functional groups attached to an aromatic ring is 1. The van der Waals surface area contributed by atoms with E-state index in [4.69, 9.17) is 44.0 Å². The predicted octanol–water partition coefficient (Wildman–Crippen LogP) is 4.12. The molecule has 0 spiro atoms. The summed E-state index contributed by atoms with van der Waals surface area (Å²) in [5.41, 5.74) is 9.51. The SMILES string of the molecule is CN1CCN(c2nc(-c3cccc(Cl)c3)c3c(N)n(-c4ccc(Cl)cc4)nc3n2)CC1. The first kappa shape index (κ1) is 20.1. The van der Waals surface area contributed by atoms with Crippen LogP contribution in [0.15, 0.2) is 48.5 Å². The number of fused-ring (bicyclic) bond motifs is 1. The van der Waals surface area contributed by atoms with Gasteiger partial charge in [-0.25, -0.2) is 9.67 Å². The Morgan fingerprint density at radius 3 is 2.35 bits per heavy atom. The van der Waals surface area contributed by atoms with E-state index >= 15 is 0 Å². The number of nitrogens with two attached hydrogens (primary N) is 1. The highest BCUT2D eigenvalue weighted by Crippen LogP contribution is 2.34. The van der Waals surface area contributed by atoms with Gasteiger partial charge in [0, 0.05) is 41.8 Å². The van der Waals surface area contributed by atoms with Gasteiger partial charge in [0.15, 0.2) is 5.65 Å². The van der Waals surface area contributed by atoms with Crippen molar-refractivity contribution in [3.05, 3.63) is 58.6 Å². The molecule has 0 unspecified atom stereocenters. The van der Waals surface area contributed by atoms with Gasteiger partial charge in [0.1, 0.15) is 5.82 Å². The fraction of sp³-hybridized carbons (Fsp3) is 0.227. The quantitative estimate of drug-likeness (QED) is 0.502. The zero-order valence-corrected chi connectivity index (χ0v) is 18.5. The molecule has 0 radical (unpaired) electrons. The molecule has 1 fully saturated rings. The highest BCUT2D eigenvalue weighted by atomic mass is 35.5. The minimum absolute atomic E-state index is 0.470. The lowest BCUT2D eigenvalue weighted by Gasteiger charge is -2.32. The summed E-state index contributed by atoms with van der Waals surface area (Å²) >= 11 is 12.3. The first-order chi connectivity index (χ1) is 15.0. The molecule has 5 rings (SSSR count). The van der Waals surface area contributed by atoms with E-state index in [0.29, 0.717) is 32.8 Å². The van der Waals surface area contributed by atoms with Crippen molar-refractivity contribution >= 4 is 46.0 Å². The van der Waals surface area contributed by atoms with E-state index in [0.717, 1.165) is 43.1 Å². The number of piperazine rings is 1. The minimum atomic E-state index is 0.470. The van der Waals surface area contributed by atoms with Crippen molar-refractivity contribution in [3.63, 3.8) is 0 Å². The van der Waals surface area contributed by atoms with Gasteiger partial charge >= 0.3 is 0 Å². The molecule has 0 atom stereocenters. The van der Waals surface area contributed by atoms with Crippen molar-refractivity contribution < 1.29 is 0 Å². The number of aromatic nitrogens is 4. The van der Waals surface area contributed by atoms with Crippen LogP contribution in [-0.4, -0.2) is 57.9 Å². The summed E-state index contributed by atoms with van der Waals surface area (Å²) in [4.78, 5) is 14.2. The first-order valence-corrected chi connectivity index (χ1v) is 10.8. The van der Waals surface area contributed by atoms with Gasteiger partial charge in [-0.2, -0.15) is 4.98 Å². The summed E-state index contributed by atoms with van der Waals surface area (Å²) in [6.07, 6.45) is 0. The lowest BCUT2D eigenvalue weighted by molar-refractivity contribution is 0.311. The van der Waals surface area contributed by atoms with Crippen molar-refractivity contribution in [2.75, 3.05) is 43.9 Å². The Morgan fingerprint density at radius 2 is 1.65 bits per heavy atom. The molecule has 2 aromatic carbocycles. The lowest BCUT2D eigenvalue weighted by Crippen LogP contribution is -2.45. The number of benzene rings is 2. The third-order valence-corrected chi connectivity index (χ3v) is 6.00. The maximum absolute atomic E-state index is 6.57. The van der Waals surface area contributed by atoms with Gasteiger partial charge in [-0.05, 0) is 43.4 Å². The lowest BCUT2D eigenvalue weighted by atomic mass is 10.1. The molecule has 1 aliphatic heterocycles. The van der Waals surface area contributed by atoms with Crippen molar-refractivity contribution in [2.24, 2.45) is 0 Å². The van der Waals surface area contributed by atoms with Crippen LogP contribution in [0.1, 0.15) is 0 Å². The molecule has 31 heavy (non-hydrogen) atoms. The van der Waals surface area contributed by atoms with Crippen LogP contribution < -0.4 is 10.6 Å². The number of likely N-dealkylation sites (N-methyl/N-ethyl adjacent to an activating group) is 1. The molecule has 0 amide bonds. The Morgan fingerprint density at radius 1 is 0.903 bits per heavy atom. The first-order valence-electron chi connectivity index (χ1n) is 10.0. The van der Waals surface area contributed by atoms with Crippen molar-refractivity contribution in [2.45, 2.75) is 0 Å². The molecule has 2 aromatic heterocycles. The fourth-order valence-electron chi connectivity index (χ4n) is 3.77. The van der Waals surface area contributed by atoms with Crippen molar-refractivity contribution in [1.82, 2.24) is 24.6 Å². The second-order valence-electron chi connectivity index (χ2n) is 7.64. The van der Waals surface area contributed by atoms with E-state index < -0.39 is 0 Å². The number of nitrogens with zero attached hydrogens (tertiary/aromatic N) is 6. The monoisotopic (exact) mass is 453 g/mol. The Hall–Kier alpha value is -2.87. The van der Waals surface area contributed by atoms with Crippen LogP contribution >= 0.6 is 23.2 Å². The third-order valence-electron chi connectivity index (χ3n) is 5.51. The molecule has 0 saturated carbocycles. The highest BCUT2D eigenvalue weighted by Gasteiger charge is 2.23. The number of hydrogen-bond donors (Lipinski definition) is 1. The van der Waals surface area contributed by atoms with Gasteiger partial charge in [0.05, 0.1) is 16.8 Å². The van der Waals surface area contributed by atoms with E-state index in [1.54, 1.807) is 4.68 Å². The molecular formula is C22H21Cl2N7. The standard InChI is InChI=1S/C22H21Cl2N7/c1-29-9-11-30(12-10-29)22-26-19(14-3-2-4-16(24)13-14)18-20(25)31(28-21(18)27-22)17-7-5-15(23)6-8-17/h2-8,13H,9-12,25H2,1H3. The Bertz CT molecular complexity index is 1240. The topological polar surface area (TPSA) is 76.1 Å². The molecule has 0 aliphatic carbocycles. The van der Waals surface area contributed by atoms with Gasteiger partial charge in [0.2, 0.25) is 5.95 Å². The number of rotatable bonds is 3. The molecule has 1 aliphatic rings. The molecule has 7 nitrogen and oxygen atoms in total. The smallest absolute Gasteiger partial charge is 0.228 e. The van der Waals surface area contributed by atoms with Crippen LogP contribution in [0.25, 0.3) is 28.0 Å². The van der Waals surface area contributed by atoms with Gasteiger partial charge in [0.25, 0.3) is 0 Å². The Labute approximate surface area is 190 Å². The number of anilines is 2. The molecule has 0 bridgehead atoms. The maximum atomic E-state index is 6.57. The van der Waals surface area contributed by atoms with E-state index in [1.165, 1.54) is 0 Å². The van der Waals surface area contributed by atoms with Crippen LogP contribution in [0.2, 0.25) is 10.0 Å². The largest absolute Gasteiger partial charge is 0.383 e. The fourth-order valence-corrected chi connectivity index (χ4v) is 4.09. The van der Waals surface area contributed by atoms with Crippen LogP contribution in [0.3, 0.4) is 0 Å². The van der Waals surface area contributed by atoms with Gasteiger partial charge in [-0.15, -0.1) is 5.10 Å². The summed E-state index contributed by atoms with van der Waals surface area (Å²) in [6.45, 7) is 3.61. The summed E-state index contributed by atoms with van der Waals surface area (Å²) in [5.74, 6) is 1.12. The normalized spacial score (nSPS) is 15.0. The summed E-state index contributed by atoms with van der Waals surface area (Å²) in [5, 5.41) is 6.70. The van der Waals surface area contributed by atoms with Crippen LogP contribution in [0.4, 0.5) is 11.8 Å². The molecular weight excluding hydrogens is 433 g/mol. The molecule has 2 N–H and O–H groups in total. The maximum Gasteiger partial charge on any atom is 0.228 e. The van der Waals surface area contributed by atoms with Gasteiger partial charge in [-0.1, -0.05) is 35.3 Å². The molecule has 9 heteroatoms. The van der Waals surface area contributed by atoms with Gasteiger partial charge < -0.3 is 15.5 Å². The van der Waals surface area contributed by atoms with E-state index in [2.05, 4.69) is 16.8 Å². The molecule has 1 saturated heterocycles. The second kappa shape index (κ2) is 8.00. The number of halogens is 2. The van der Waals surface area contributed by atoms with E-state index in [1.807, 2.05) is 48.5 Å². The summed E-state index contributed by atoms with van der Waals surface area (Å²) < 4.78 is 1.68. The molecule has 4 aromatic rings. The zero-order chi connectivity index (χ0) is 21.5. The average molecular weight is 454 g/mol. The molecule has 158 valence electrons. The Kier molecular flexibility index (Phi) is 5.17. The van der Waals surface area contributed by atoms with E-state index in [9.17, 15) is 0 Å². The second-order valence-corrected chi connectivity index (χ2v) is 8.52. The van der Waals surface area contributed by atoms with E-state index in [-0.39, 0.29) is 0 Å². The van der Waals surface area contributed by atoms with Crippen molar-refractivity contribution in [1.29, 1.82) is 0 Å². The average Bonchev–Trinajstić information content (AvgIpc) is 3.10. The summed E-state index contributed by atoms with van der Waals surface area (Å²) in [7, 11) is 2.12. The van der Waals surface area contributed by atoms with Crippen molar-refractivity contribution in [3.8, 4) is 16.9 Å². The van der Waals surface area contributed by atoms with Gasteiger partial charge in [-0.3, -0.25) is 0 Å². The zero-order valence-electron chi connectivity index (χ0n) is 17.0. The predicted molar refractivity (Wildman–Crippen MR) is 126 cm³/mol. The highest BCUT2D eigenvalue weighted by molar-refractivity contribution is 6.31. The van der Waals surface area contributed by atoms with Crippen LogP contribution in [-0.2, 0) is 0 Å².